The Bertz CT molecular complexity index is 1450. The summed E-state index contributed by atoms with van der Waals surface area (Å²) in [4.78, 5) is 18.9. The number of carbonyl (C=O) groups is 1. The van der Waals surface area contributed by atoms with Crippen molar-refractivity contribution in [2.75, 3.05) is 10.2 Å². The van der Waals surface area contributed by atoms with Gasteiger partial charge in [-0.1, -0.05) is 31.2 Å². The Morgan fingerprint density at radius 1 is 1.00 bits per heavy atom. The van der Waals surface area contributed by atoms with Gasteiger partial charge in [-0.3, -0.25) is 9.78 Å². The summed E-state index contributed by atoms with van der Waals surface area (Å²) >= 11 is 5.93. The number of carbonyl (C=O) groups excluding carboxylic acids is 1. The van der Waals surface area contributed by atoms with Crippen LogP contribution >= 0.6 is 12.2 Å². The van der Waals surface area contributed by atoms with E-state index in [0.717, 1.165) is 39.7 Å². The Labute approximate surface area is 223 Å². The molecule has 2 aromatic heterocycles. The molecule has 0 aliphatic carbocycles. The molecule has 2 N–H and O–H groups in total. The van der Waals surface area contributed by atoms with E-state index in [2.05, 4.69) is 75.3 Å². The number of benzene rings is 2. The van der Waals surface area contributed by atoms with E-state index >= 15 is 0 Å². The molecular weight excluding hydrogens is 478 g/mol. The molecule has 37 heavy (non-hydrogen) atoms. The lowest BCUT2D eigenvalue weighted by Gasteiger charge is -2.29. The van der Waals surface area contributed by atoms with E-state index in [-0.39, 0.29) is 18.0 Å². The lowest BCUT2D eigenvalue weighted by molar-refractivity contribution is -0.115. The molecule has 188 valence electrons. The van der Waals surface area contributed by atoms with Crippen molar-refractivity contribution in [2.24, 2.45) is 0 Å². The molecule has 1 fully saturated rings. The summed E-state index contributed by atoms with van der Waals surface area (Å²) in [6.45, 7) is 8.16. The van der Waals surface area contributed by atoms with Crippen molar-refractivity contribution in [3.63, 3.8) is 0 Å². The van der Waals surface area contributed by atoms with Crippen molar-refractivity contribution in [2.45, 2.75) is 46.2 Å². The second-order valence-electron chi connectivity index (χ2n) is 9.39. The van der Waals surface area contributed by atoms with Gasteiger partial charge in [-0.15, -0.1) is 0 Å². The minimum atomic E-state index is -0.127. The zero-order valence-electron chi connectivity index (χ0n) is 21.5. The molecule has 3 heterocycles. The Morgan fingerprint density at radius 2 is 1.76 bits per heavy atom. The van der Waals surface area contributed by atoms with Gasteiger partial charge in [0.2, 0.25) is 5.91 Å². The summed E-state index contributed by atoms with van der Waals surface area (Å²) in [6, 6.07) is 24.5. The number of anilines is 2. The molecule has 0 radical (unpaired) electrons. The molecule has 0 spiro atoms. The second kappa shape index (κ2) is 10.2. The van der Waals surface area contributed by atoms with Crippen LogP contribution in [0.3, 0.4) is 0 Å². The molecule has 1 aliphatic rings. The molecule has 1 aliphatic heterocycles. The number of hydrogen-bond acceptors (Lipinski definition) is 3. The van der Waals surface area contributed by atoms with Crippen LogP contribution in [-0.4, -0.2) is 20.6 Å². The summed E-state index contributed by atoms with van der Waals surface area (Å²) in [6.07, 6.45) is 2.26. The first-order chi connectivity index (χ1) is 17.9. The quantitative estimate of drug-likeness (QED) is 0.298. The molecule has 2 atom stereocenters. The van der Waals surface area contributed by atoms with E-state index in [1.807, 2.05) is 56.4 Å². The summed E-state index contributed by atoms with van der Waals surface area (Å²) in [7, 11) is 0. The number of thiocarbonyl (C=S) groups is 1. The maximum absolute atomic E-state index is 12.0. The number of pyridine rings is 1. The normalized spacial score (nSPS) is 17.1. The molecule has 0 unspecified atom stereocenters. The van der Waals surface area contributed by atoms with Gasteiger partial charge in [0.25, 0.3) is 0 Å². The largest absolute Gasteiger partial charge is 0.351 e. The van der Waals surface area contributed by atoms with Crippen LogP contribution in [0.1, 0.15) is 53.6 Å². The monoisotopic (exact) mass is 509 g/mol. The summed E-state index contributed by atoms with van der Waals surface area (Å²) < 4.78 is 2.29. The van der Waals surface area contributed by atoms with Crippen LogP contribution in [-0.2, 0) is 4.79 Å². The average molecular weight is 510 g/mol. The van der Waals surface area contributed by atoms with E-state index in [4.69, 9.17) is 12.2 Å². The molecule has 1 saturated heterocycles. The number of rotatable bonds is 6. The predicted octanol–water partition coefficient (Wildman–Crippen LogP) is 6.32. The first-order valence-corrected chi connectivity index (χ1v) is 12.9. The number of nitrogens with zero attached hydrogens (tertiary/aromatic N) is 3. The van der Waals surface area contributed by atoms with E-state index in [1.165, 1.54) is 5.56 Å². The van der Waals surface area contributed by atoms with Crippen LogP contribution in [0, 0.1) is 20.8 Å². The van der Waals surface area contributed by atoms with Gasteiger partial charge in [-0.25, -0.2) is 0 Å². The predicted molar refractivity (Wildman–Crippen MR) is 153 cm³/mol. The fraction of sp³-hybridized carbons (Fsp3) is 0.233. The highest BCUT2D eigenvalue weighted by Gasteiger charge is 2.42. The highest BCUT2D eigenvalue weighted by atomic mass is 32.1. The van der Waals surface area contributed by atoms with E-state index in [9.17, 15) is 4.79 Å². The molecule has 2 aromatic carbocycles. The topological polar surface area (TPSA) is 62.2 Å². The zero-order valence-corrected chi connectivity index (χ0v) is 22.3. The third-order valence-corrected chi connectivity index (χ3v) is 7.30. The lowest BCUT2D eigenvalue weighted by Crippen LogP contribution is -2.29. The van der Waals surface area contributed by atoms with Crippen molar-refractivity contribution in [3.05, 3.63) is 107 Å². The minimum Gasteiger partial charge on any atom is -0.351 e. The first kappa shape index (κ1) is 24.7. The van der Waals surface area contributed by atoms with Crippen LogP contribution in [0.2, 0.25) is 0 Å². The van der Waals surface area contributed by atoms with E-state index in [0.29, 0.717) is 11.5 Å². The van der Waals surface area contributed by atoms with Gasteiger partial charge in [-0.2, -0.15) is 0 Å². The molecule has 5 rings (SSSR count). The summed E-state index contributed by atoms with van der Waals surface area (Å²) in [5, 5.41) is 7.19. The van der Waals surface area contributed by atoms with Crippen molar-refractivity contribution in [1.82, 2.24) is 14.9 Å². The molecule has 0 bridgehead atoms. The molecule has 4 aromatic rings. The van der Waals surface area contributed by atoms with Gasteiger partial charge < -0.3 is 20.1 Å². The van der Waals surface area contributed by atoms with Gasteiger partial charge in [-0.05, 0) is 92.6 Å². The van der Waals surface area contributed by atoms with E-state index in [1.54, 1.807) is 0 Å². The van der Waals surface area contributed by atoms with Crippen LogP contribution in [0.4, 0.5) is 11.4 Å². The average Bonchev–Trinajstić information content (AvgIpc) is 3.41. The summed E-state index contributed by atoms with van der Waals surface area (Å²) in [5.74, 6) is -0.00402. The Kier molecular flexibility index (Phi) is 6.80. The fourth-order valence-corrected chi connectivity index (χ4v) is 5.53. The first-order valence-electron chi connectivity index (χ1n) is 12.5. The number of amides is 1. The van der Waals surface area contributed by atoms with Crippen LogP contribution in [0.25, 0.3) is 5.69 Å². The van der Waals surface area contributed by atoms with Crippen molar-refractivity contribution in [1.29, 1.82) is 0 Å². The fourth-order valence-electron chi connectivity index (χ4n) is 5.19. The third-order valence-electron chi connectivity index (χ3n) is 6.98. The second-order valence-corrected chi connectivity index (χ2v) is 9.78. The van der Waals surface area contributed by atoms with E-state index < -0.39 is 0 Å². The Hall–Kier alpha value is -3.97. The van der Waals surface area contributed by atoms with Gasteiger partial charge in [0.05, 0.1) is 17.8 Å². The number of aryl methyl sites for hydroxylation is 2. The van der Waals surface area contributed by atoms with Crippen LogP contribution in [0.15, 0.2) is 79.0 Å². The number of hydrogen-bond donors (Lipinski definition) is 2. The summed E-state index contributed by atoms with van der Waals surface area (Å²) in [5.41, 5.74) is 8.34. The van der Waals surface area contributed by atoms with Crippen molar-refractivity contribution in [3.8, 4) is 5.69 Å². The molecule has 6 nitrogen and oxygen atoms in total. The van der Waals surface area contributed by atoms with Crippen LogP contribution in [0.5, 0.6) is 0 Å². The van der Waals surface area contributed by atoms with Gasteiger partial charge in [0, 0.05) is 41.1 Å². The zero-order chi connectivity index (χ0) is 26.1. The Balaban J connectivity index is 1.63. The number of aromatic nitrogens is 2. The minimum absolute atomic E-state index is 0.00402. The van der Waals surface area contributed by atoms with Gasteiger partial charge >= 0.3 is 0 Å². The Morgan fingerprint density at radius 3 is 2.43 bits per heavy atom. The maximum atomic E-state index is 12.0. The molecular formula is C30H31N5OS. The van der Waals surface area contributed by atoms with Gasteiger partial charge in [0.15, 0.2) is 5.11 Å². The number of para-hydroxylation sites is 1. The number of nitrogens with one attached hydrogen (secondary N) is 2. The third kappa shape index (κ3) is 4.62. The highest BCUT2D eigenvalue weighted by molar-refractivity contribution is 7.80. The lowest BCUT2D eigenvalue weighted by atomic mass is 9.96. The molecule has 1 amide bonds. The van der Waals surface area contributed by atoms with Gasteiger partial charge in [0.1, 0.15) is 0 Å². The molecule has 0 saturated carbocycles. The van der Waals surface area contributed by atoms with Crippen molar-refractivity contribution < 1.29 is 4.79 Å². The standard InChI is InChI=1S/C30H31N5OS/c1-5-27(36)32-25-15-14-23(17-19(25)2)35-29(28(33-30(35)37)26-13-9-10-16-31-26)24-18-20(3)34(21(24)4)22-11-7-6-8-12-22/h6-18,28-29H,5H2,1-4H3,(H,32,36)(H,33,37)/t28-,29-/m1/s1. The maximum Gasteiger partial charge on any atom is 0.224 e. The molecule has 7 heteroatoms. The van der Waals surface area contributed by atoms with Crippen LogP contribution < -0.4 is 15.5 Å². The smallest absolute Gasteiger partial charge is 0.224 e. The van der Waals surface area contributed by atoms with Crippen molar-refractivity contribution >= 4 is 34.6 Å². The highest BCUT2D eigenvalue weighted by Crippen LogP contribution is 2.44. The SMILES string of the molecule is CCC(=O)Nc1ccc(N2C(=S)N[C@H](c3ccccn3)[C@H]2c2cc(C)n(-c3ccccc3)c2C)cc1C.